The van der Waals surface area contributed by atoms with Crippen molar-refractivity contribution in [2.24, 2.45) is 0 Å². The van der Waals surface area contributed by atoms with Crippen LogP contribution in [0.2, 0.25) is 0 Å². The molecule has 0 unspecified atom stereocenters. The minimum Gasteiger partial charge on any atom is -0.497 e. The Morgan fingerprint density at radius 3 is 2.37 bits per heavy atom. The molecular formula is C30H35N3O7S. The molecular weight excluding hydrogens is 546 g/mol. The first-order chi connectivity index (χ1) is 19.8. The van der Waals surface area contributed by atoms with Crippen LogP contribution in [0, 0.1) is 0 Å². The van der Waals surface area contributed by atoms with Crippen molar-refractivity contribution in [2.45, 2.75) is 37.8 Å². The zero-order chi connectivity index (χ0) is 29.4. The second kappa shape index (κ2) is 13.4. The van der Waals surface area contributed by atoms with E-state index in [2.05, 4.69) is 5.32 Å². The van der Waals surface area contributed by atoms with Crippen LogP contribution in [0.4, 0.5) is 5.69 Å². The molecule has 0 saturated heterocycles. The Hall–Kier alpha value is -4.25. The van der Waals surface area contributed by atoms with Crippen LogP contribution < -0.4 is 23.8 Å². The maximum absolute atomic E-state index is 14.1. The summed E-state index contributed by atoms with van der Waals surface area (Å²) < 4.78 is 45.6. The molecule has 1 N–H and O–H groups in total. The highest BCUT2D eigenvalue weighted by Gasteiger charge is 2.34. The summed E-state index contributed by atoms with van der Waals surface area (Å²) in [6.45, 7) is 4.24. The number of methoxy groups -OCH3 is 1. The summed E-state index contributed by atoms with van der Waals surface area (Å²) >= 11 is 0. The monoisotopic (exact) mass is 581 g/mol. The van der Waals surface area contributed by atoms with Gasteiger partial charge in [0.15, 0.2) is 11.5 Å². The molecule has 1 aliphatic rings. The van der Waals surface area contributed by atoms with Crippen molar-refractivity contribution < 1.29 is 32.2 Å². The zero-order valence-corrected chi connectivity index (χ0v) is 24.2. The number of hydrogen-bond acceptors (Lipinski definition) is 7. The van der Waals surface area contributed by atoms with Gasteiger partial charge in [0, 0.05) is 19.2 Å². The van der Waals surface area contributed by atoms with E-state index in [0.717, 1.165) is 9.87 Å². The van der Waals surface area contributed by atoms with Gasteiger partial charge in [0.2, 0.25) is 11.8 Å². The predicted molar refractivity (Wildman–Crippen MR) is 155 cm³/mol. The van der Waals surface area contributed by atoms with Crippen LogP contribution in [-0.4, -0.2) is 64.6 Å². The van der Waals surface area contributed by atoms with Crippen molar-refractivity contribution in [3.63, 3.8) is 0 Å². The van der Waals surface area contributed by atoms with Crippen molar-refractivity contribution in [2.75, 3.05) is 37.7 Å². The van der Waals surface area contributed by atoms with Gasteiger partial charge in [-0.3, -0.25) is 13.9 Å². The summed E-state index contributed by atoms with van der Waals surface area (Å²) in [5.41, 5.74) is 0.969. The van der Waals surface area contributed by atoms with Crippen LogP contribution >= 0.6 is 0 Å². The molecule has 218 valence electrons. The highest BCUT2D eigenvalue weighted by molar-refractivity contribution is 7.92. The fourth-order valence-electron chi connectivity index (χ4n) is 4.61. The molecule has 1 atom stereocenters. The SMILES string of the molecule is CCNC(=O)[C@@H](CC)N(Cc1cccc(OC)c1)C(=O)CN(c1ccc2c(c1)OCCO2)S(=O)(=O)c1ccccc1. The summed E-state index contributed by atoms with van der Waals surface area (Å²) in [5.74, 6) is 0.621. The van der Waals surface area contributed by atoms with Crippen molar-refractivity contribution in [3.8, 4) is 17.2 Å². The van der Waals surface area contributed by atoms with E-state index in [1.165, 1.54) is 17.0 Å². The van der Waals surface area contributed by atoms with Crippen LogP contribution in [0.3, 0.4) is 0 Å². The smallest absolute Gasteiger partial charge is 0.264 e. The van der Waals surface area contributed by atoms with E-state index >= 15 is 0 Å². The second-order valence-electron chi connectivity index (χ2n) is 9.34. The van der Waals surface area contributed by atoms with Gasteiger partial charge in [0.25, 0.3) is 10.0 Å². The van der Waals surface area contributed by atoms with E-state index in [1.54, 1.807) is 68.6 Å². The van der Waals surface area contributed by atoms with Crippen LogP contribution in [-0.2, 0) is 26.2 Å². The first kappa shape index (κ1) is 29.7. The summed E-state index contributed by atoms with van der Waals surface area (Å²) in [4.78, 5) is 28.6. The third-order valence-corrected chi connectivity index (χ3v) is 8.44. The topological polar surface area (TPSA) is 114 Å². The molecule has 4 rings (SSSR count). The summed E-state index contributed by atoms with van der Waals surface area (Å²) in [6, 6.07) is 19.0. The van der Waals surface area contributed by atoms with Gasteiger partial charge in [0.1, 0.15) is 31.5 Å². The van der Waals surface area contributed by atoms with E-state index in [9.17, 15) is 18.0 Å². The molecule has 41 heavy (non-hydrogen) atoms. The lowest BCUT2D eigenvalue weighted by Gasteiger charge is -2.33. The maximum atomic E-state index is 14.1. The fourth-order valence-corrected chi connectivity index (χ4v) is 6.04. The molecule has 0 saturated carbocycles. The molecule has 10 nitrogen and oxygen atoms in total. The van der Waals surface area contributed by atoms with Crippen molar-refractivity contribution >= 4 is 27.5 Å². The molecule has 3 aromatic carbocycles. The molecule has 1 heterocycles. The number of nitrogens with one attached hydrogen (secondary N) is 1. The maximum Gasteiger partial charge on any atom is 0.264 e. The fraction of sp³-hybridized carbons (Fsp3) is 0.333. The molecule has 11 heteroatoms. The zero-order valence-electron chi connectivity index (χ0n) is 23.4. The Balaban J connectivity index is 1.76. The first-order valence-electron chi connectivity index (χ1n) is 13.5. The number of rotatable bonds is 12. The number of nitrogens with zero attached hydrogens (tertiary/aromatic N) is 2. The number of anilines is 1. The molecule has 3 aromatic rings. The third kappa shape index (κ3) is 6.91. The van der Waals surface area contributed by atoms with Gasteiger partial charge in [-0.1, -0.05) is 37.3 Å². The summed E-state index contributed by atoms with van der Waals surface area (Å²) in [7, 11) is -2.64. The van der Waals surface area contributed by atoms with Crippen LogP contribution in [0.25, 0.3) is 0 Å². The number of carbonyl (C=O) groups excluding carboxylic acids is 2. The Kier molecular flexibility index (Phi) is 9.72. The van der Waals surface area contributed by atoms with E-state index in [0.29, 0.717) is 43.4 Å². The number of benzene rings is 3. The number of carbonyl (C=O) groups is 2. The lowest BCUT2D eigenvalue weighted by atomic mass is 10.1. The van der Waals surface area contributed by atoms with Gasteiger partial charge in [-0.25, -0.2) is 8.42 Å². The summed E-state index contributed by atoms with van der Waals surface area (Å²) in [5, 5.41) is 2.80. The number of ether oxygens (including phenoxy) is 3. The lowest BCUT2D eigenvalue weighted by molar-refractivity contribution is -0.140. The van der Waals surface area contributed by atoms with E-state index in [4.69, 9.17) is 14.2 Å². The minimum absolute atomic E-state index is 0.0257. The molecule has 0 aliphatic carbocycles. The number of likely N-dealkylation sites (N-methyl/N-ethyl adjacent to an activating group) is 1. The van der Waals surface area contributed by atoms with Crippen LogP contribution in [0.5, 0.6) is 17.2 Å². The molecule has 1 aliphatic heterocycles. The highest BCUT2D eigenvalue weighted by atomic mass is 32.2. The van der Waals surface area contributed by atoms with Gasteiger partial charge in [-0.15, -0.1) is 0 Å². The number of sulfonamides is 1. The predicted octanol–water partition coefficient (Wildman–Crippen LogP) is 3.61. The van der Waals surface area contributed by atoms with E-state index in [-0.39, 0.29) is 23.0 Å². The normalized spacial score (nSPS) is 13.1. The van der Waals surface area contributed by atoms with Gasteiger partial charge in [-0.05, 0) is 55.3 Å². The Bertz CT molecular complexity index is 1460. The molecule has 0 spiro atoms. The third-order valence-electron chi connectivity index (χ3n) is 6.65. The molecule has 2 amide bonds. The van der Waals surface area contributed by atoms with Crippen LogP contribution in [0.1, 0.15) is 25.8 Å². The number of hydrogen-bond donors (Lipinski definition) is 1. The largest absolute Gasteiger partial charge is 0.497 e. The number of amides is 2. The second-order valence-corrected chi connectivity index (χ2v) is 11.2. The van der Waals surface area contributed by atoms with Gasteiger partial charge in [0.05, 0.1) is 17.7 Å². The van der Waals surface area contributed by atoms with E-state index in [1.807, 2.05) is 13.0 Å². The lowest BCUT2D eigenvalue weighted by Crippen LogP contribution is -2.52. The Morgan fingerprint density at radius 1 is 0.951 bits per heavy atom. The average Bonchev–Trinajstić information content (AvgIpc) is 3.00. The Labute approximate surface area is 240 Å². The average molecular weight is 582 g/mol. The minimum atomic E-state index is -4.19. The first-order valence-corrected chi connectivity index (χ1v) is 14.9. The standard InChI is InChI=1S/C30H35N3O7S/c1-4-26(30(35)31-5-2)32(20-22-10-9-11-24(18-22)38-3)29(34)21-33(41(36,37)25-12-7-6-8-13-25)23-14-15-27-28(19-23)40-17-16-39-27/h6-15,18-19,26H,4-5,16-17,20-21H2,1-3H3,(H,31,35)/t26-/m1/s1. The molecule has 0 fully saturated rings. The van der Waals surface area contributed by atoms with Crippen molar-refractivity contribution in [1.82, 2.24) is 10.2 Å². The van der Waals surface area contributed by atoms with Crippen LogP contribution in [0.15, 0.2) is 77.7 Å². The quantitative estimate of drug-likeness (QED) is 0.348. The number of fused-ring (bicyclic) bond motifs is 1. The highest BCUT2D eigenvalue weighted by Crippen LogP contribution is 2.36. The molecule has 0 bridgehead atoms. The molecule has 0 radical (unpaired) electrons. The van der Waals surface area contributed by atoms with Gasteiger partial charge >= 0.3 is 0 Å². The van der Waals surface area contributed by atoms with Crippen molar-refractivity contribution in [1.29, 1.82) is 0 Å². The van der Waals surface area contributed by atoms with Crippen molar-refractivity contribution in [3.05, 3.63) is 78.4 Å². The Morgan fingerprint density at radius 2 is 1.68 bits per heavy atom. The molecule has 0 aromatic heterocycles. The van der Waals surface area contributed by atoms with Gasteiger partial charge < -0.3 is 24.4 Å². The summed E-state index contributed by atoms with van der Waals surface area (Å²) in [6.07, 6.45) is 0.330. The van der Waals surface area contributed by atoms with Gasteiger partial charge in [-0.2, -0.15) is 0 Å². The van der Waals surface area contributed by atoms with E-state index < -0.39 is 28.5 Å².